The number of unbranched alkanes of at least 4 members (excludes halogenated alkanes) is 1. The standard InChI is InChI=1S/C24H32FN3O5.Na.H/c1-4-5-12-26-24(33)23-22(15(2)3)20(11-10-18(29)13-19(30)14-21(31)32)28(27-23)17-8-6-16(25)7-9-17;;/h6-11,15,18-19,29-30H,4-5,12-14H2,1-3H3,(H,26,33)(H,31,32);;/t18-,19+;;/m0../s1. The van der Waals surface area contributed by atoms with Crippen LogP contribution in [0, 0.1) is 5.82 Å². The molecule has 34 heavy (non-hydrogen) atoms. The van der Waals surface area contributed by atoms with E-state index in [-0.39, 0.29) is 53.5 Å². The molecular formula is C24H33FN3NaO5. The average Bonchev–Trinajstić information content (AvgIpc) is 3.12. The van der Waals surface area contributed by atoms with Crippen LogP contribution in [-0.2, 0) is 4.79 Å². The van der Waals surface area contributed by atoms with Crippen molar-refractivity contribution < 1.29 is 29.3 Å². The number of hydrogen-bond donors (Lipinski definition) is 4. The maximum atomic E-state index is 13.5. The maximum absolute atomic E-state index is 13.5. The number of carboxylic acid groups (broad SMARTS) is 1. The molecule has 0 aliphatic carbocycles. The molecule has 2 aromatic rings. The van der Waals surface area contributed by atoms with E-state index in [2.05, 4.69) is 10.4 Å². The van der Waals surface area contributed by atoms with Gasteiger partial charge in [0.15, 0.2) is 5.69 Å². The summed E-state index contributed by atoms with van der Waals surface area (Å²) in [5.74, 6) is -1.98. The first-order chi connectivity index (χ1) is 15.6. The van der Waals surface area contributed by atoms with Crippen LogP contribution in [0.15, 0.2) is 30.3 Å². The second-order valence-electron chi connectivity index (χ2n) is 8.21. The number of amides is 1. The van der Waals surface area contributed by atoms with Gasteiger partial charge in [-0.25, -0.2) is 9.07 Å². The van der Waals surface area contributed by atoms with Crippen molar-refractivity contribution in [1.29, 1.82) is 0 Å². The first-order valence-electron chi connectivity index (χ1n) is 11.1. The van der Waals surface area contributed by atoms with E-state index in [4.69, 9.17) is 5.11 Å². The zero-order chi connectivity index (χ0) is 24.5. The molecule has 1 amide bonds. The van der Waals surface area contributed by atoms with E-state index in [1.807, 2.05) is 20.8 Å². The number of carbonyl (C=O) groups excluding carboxylic acids is 1. The van der Waals surface area contributed by atoms with E-state index in [1.165, 1.54) is 35.0 Å². The third-order valence-corrected chi connectivity index (χ3v) is 5.04. The zero-order valence-electron chi connectivity index (χ0n) is 19.2. The summed E-state index contributed by atoms with van der Waals surface area (Å²) in [6, 6.07) is 5.65. The Morgan fingerprint density at radius 3 is 2.41 bits per heavy atom. The molecule has 0 unspecified atom stereocenters. The van der Waals surface area contributed by atoms with E-state index in [1.54, 1.807) is 6.08 Å². The van der Waals surface area contributed by atoms with Crippen molar-refractivity contribution in [3.05, 3.63) is 53.1 Å². The molecule has 8 nitrogen and oxygen atoms in total. The minimum atomic E-state index is -1.20. The number of aliphatic hydroxyl groups is 2. The van der Waals surface area contributed by atoms with E-state index in [9.17, 15) is 24.2 Å². The van der Waals surface area contributed by atoms with Crippen molar-refractivity contribution in [2.75, 3.05) is 6.54 Å². The molecule has 0 fully saturated rings. The van der Waals surface area contributed by atoms with Gasteiger partial charge in [0.05, 0.1) is 30.0 Å². The Hall–Kier alpha value is -2.04. The molecule has 4 N–H and O–H groups in total. The van der Waals surface area contributed by atoms with Gasteiger partial charge in [-0.1, -0.05) is 33.3 Å². The molecule has 1 aromatic heterocycles. The average molecular weight is 486 g/mol. The summed E-state index contributed by atoms with van der Waals surface area (Å²) >= 11 is 0. The molecule has 0 spiro atoms. The first-order valence-corrected chi connectivity index (χ1v) is 11.1. The van der Waals surface area contributed by atoms with E-state index in [0.717, 1.165) is 12.8 Å². The number of aromatic nitrogens is 2. The van der Waals surface area contributed by atoms with Crippen LogP contribution in [0.4, 0.5) is 4.39 Å². The quantitative estimate of drug-likeness (QED) is 0.271. The fourth-order valence-corrected chi connectivity index (χ4v) is 3.43. The van der Waals surface area contributed by atoms with Crippen LogP contribution in [0.3, 0.4) is 0 Å². The second kappa shape index (κ2) is 14.4. The van der Waals surface area contributed by atoms with Gasteiger partial charge < -0.3 is 20.6 Å². The molecule has 2 atom stereocenters. The molecule has 0 radical (unpaired) electrons. The molecule has 1 heterocycles. The molecular weight excluding hydrogens is 452 g/mol. The van der Waals surface area contributed by atoms with Crippen molar-refractivity contribution >= 4 is 47.5 Å². The van der Waals surface area contributed by atoms with E-state index in [0.29, 0.717) is 23.5 Å². The number of carbonyl (C=O) groups is 2. The minimum absolute atomic E-state index is 0. The Labute approximate surface area is 221 Å². The van der Waals surface area contributed by atoms with Gasteiger partial charge in [-0.3, -0.25) is 9.59 Å². The Bertz CT molecular complexity index is 976. The van der Waals surface area contributed by atoms with Crippen LogP contribution in [-0.4, -0.2) is 85.3 Å². The number of carboxylic acids is 1. The molecule has 0 aliphatic heterocycles. The molecule has 1 aromatic carbocycles. The summed E-state index contributed by atoms with van der Waals surface area (Å²) in [6.45, 7) is 6.37. The van der Waals surface area contributed by atoms with Crippen molar-refractivity contribution in [3.63, 3.8) is 0 Å². The Balaban J connectivity index is 0.00000578. The zero-order valence-corrected chi connectivity index (χ0v) is 19.2. The topological polar surface area (TPSA) is 125 Å². The summed E-state index contributed by atoms with van der Waals surface area (Å²) < 4.78 is 15.0. The summed E-state index contributed by atoms with van der Waals surface area (Å²) in [5, 5.41) is 36.2. The Kier molecular flexibility index (Phi) is 12.7. The van der Waals surface area contributed by atoms with Gasteiger partial charge in [0.25, 0.3) is 5.91 Å². The molecule has 2 rings (SSSR count). The summed E-state index contributed by atoms with van der Waals surface area (Å²) in [5.41, 5.74) is 1.96. The molecule has 0 saturated carbocycles. The summed E-state index contributed by atoms with van der Waals surface area (Å²) in [4.78, 5) is 23.6. The number of halogens is 1. The van der Waals surface area contributed by atoms with Crippen molar-refractivity contribution in [2.24, 2.45) is 0 Å². The number of nitrogens with zero attached hydrogens (tertiary/aromatic N) is 2. The van der Waals surface area contributed by atoms with Gasteiger partial charge >= 0.3 is 35.5 Å². The monoisotopic (exact) mass is 485 g/mol. The van der Waals surface area contributed by atoms with Crippen molar-refractivity contribution in [3.8, 4) is 5.69 Å². The number of rotatable bonds is 12. The van der Waals surface area contributed by atoms with Gasteiger partial charge in [-0.05, 0) is 42.7 Å². The number of aliphatic carboxylic acids is 1. The van der Waals surface area contributed by atoms with Crippen LogP contribution >= 0.6 is 0 Å². The normalized spacial score (nSPS) is 13.0. The van der Waals surface area contributed by atoms with Gasteiger partial charge in [0.1, 0.15) is 5.82 Å². The third kappa shape index (κ3) is 8.63. The summed E-state index contributed by atoms with van der Waals surface area (Å²) in [6.07, 6.45) is 1.83. The van der Waals surface area contributed by atoms with Gasteiger partial charge in [-0.15, -0.1) is 0 Å². The van der Waals surface area contributed by atoms with Crippen LogP contribution < -0.4 is 5.32 Å². The van der Waals surface area contributed by atoms with E-state index >= 15 is 0 Å². The van der Waals surface area contributed by atoms with E-state index < -0.39 is 30.4 Å². The van der Waals surface area contributed by atoms with Gasteiger partial charge in [-0.2, -0.15) is 5.10 Å². The molecule has 10 heteroatoms. The van der Waals surface area contributed by atoms with Gasteiger partial charge in [0.2, 0.25) is 0 Å². The number of aliphatic hydroxyl groups excluding tert-OH is 2. The predicted molar refractivity (Wildman–Crippen MR) is 130 cm³/mol. The fraction of sp³-hybridized carbons (Fsp3) is 0.458. The Morgan fingerprint density at radius 2 is 1.85 bits per heavy atom. The number of hydrogen-bond acceptors (Lipinski definition) is 5. The molecule has 0 saturated heterocycles. The van der Waals surface area contributed by atoms with Crippen LogP contribution in [0.2, 0.25) is 0 Å². The number of benzene rings is 1. The summed E-state index contributed by atoms with van der Waals surface area (Å²) in [7, 11) is 0. The predicted octanol–water partition coefficient (Wildman–Crippen LogP) is 2.62. The second-order valence-corrected chi connectivity index (χ2v) is 8.21. The van der Waals surface area contributed by atoms with Crippen LogP contribution in [0.25, 0.3) is 11.8 Å². The molecule has 182 valence electrons. The molecule has 0 bridgehead atoms. The molecule has 0 aliphatic rings. The van der Waals surface area contributed by atoms with Gasteiger partial charge in [0, 0.05) is 18.5 Å². The van der Waals surface area contributed by atoms with Crippen LogP contribution in [0.1, 0.15) is 74.1 Å². The van der Waals surface area contributed by atoms with Crippen molar-refractivity contribution in [1.82, 2.24) is 15.1 Å². The third-order valence-electron chi connectivity index (χ3n) is 5.04. The Morgan fingerprint density at radius 1 is 1.21 bits per heavy atom. The van der Waals surface area contributed by atoms with Crippen LogP contribution in [0.5, 0.6) is 0 Å². The van der Waals surface area contributed by atoms with Crippen molar-refractivity contribution in [2.45, 2.75) is 64.6 Å². The SMILES string of the molecule is CCCCNC(=O)c1nn(-c2ccc(F)cc2)c(C=C[C@H](O)C[C@@H](O)CC(=O)O)c1C(C)C.[NaH]. The fourth-order valence-electron chi connectivity index (χ4n) is 3.43. The first kappa shape index (κ1) is 30.0. The number of nitrogens with one attached hydrogen (secondary N) is 1.